The van der Waals surface area contributed by atoms with Gasteiger partial charge in [-0.15, -0.1) is 0 Å². The van der Waals surface area contributed by atoms with Gasteiger partial charge in [-0.1, -0.05) is 20.8 Å². The first kappa shape index (κ1) is 16.2. The third kappa shape index (κ3) is 3.04. The van der Waals surface area contributed by atoms with E-state index in [0.29, 0.717) is 18.6 Å². The van der Waals surface area contributed by atoms with Crippen molar-refractivity contribution in [2.75, 3.05) is 12.8 Å². The molecule has 2 fully saturated rings. The second-order valence-corrected chi connectivity index (χ2v) is 10.7. The van der Waals surface area contributed by atoms with Gasteiger partial charge in [0, 0.05) is 29.6 Å². The molecular formula is C15H30N2O2S. The number of sulfonamides is 1. The standard InChI is InChI=1S/C15H30N2O2S/c1-13(2,3)11-8-15(10-16-20(7,18)19)9-12(15)17(11)14(4,5)6/h11-12,16H,8-10H2,1-7H3/t11?,12?,15-/m0/s1. The quantitative estimate of drug-likeness (QED) is 0.869. The number of rotatable bonds is 3. The fourth-order valence-corrected chi connectivity index (χ4v) is 4.38. The molecule has 118 valence electrons. The van der Waals surface area contributed by atoms with Gasteiger partial charge in [-0.2, -0.15) is 0 Å². The van der Waals surface area contributed by atoms with Crippen LogP contribution in [0.25, 0.3) is 0 Å². The zero-order valence-corrected chi connectivity index (χ0v) is 14.8. The molecule has 1 N–H and O–H groups in total. The normalized spacial score (nSPS) is 35.1. The summed E-state index contributed by atoms with van der Waals surface area (Å²) in [5.41, 5.74) is 0.513. The van der Waals surface area contributed by atoms with Crippen LogP contribution in [-0.2, 0) is 10.0 Å². The molecule has 0 radical (unpaired) electrons. The van der Waals surface area contributed by atoms with Gasteiger partial charge in [0.15, 0.2) is 0 Å². The molecule has 5 heteroatoms. The van der Waals surface area contributed by atoms with E-state index in [9.17, 15) is 8.42 Å². The number of piperidine rings is 1. The predicted molar refractivity (Wildman–Crippen MR) is 83.1 cm³/mol. The van der Waals surface area contributed by atoms with Crippen LogP contribution in [0.15, 0.2) is 0 Å². The molecule has 1 saturated heterocycles. The molecule has 0 aromatic rings. The minimum atomic E-state index is -3.10. The van der Waals surface area contributed by atoms with Crippen LogP contribution in [0, 0.1) is 10.8 Å². The van der Waals surface area contributed by atoms with Gasteiger partial charge < -0.3 is 0 Å². The van der Waals surface area contributed by atoms with Crippen molar-refractivity contribution < 1.29 is 8.42 Å². The lowest BCUT2D eigenvalue weighted by atomic mass is 9.80. The number of hydrogen-bond acceptors (Lipinski definition) is 3. The molecule has 0 spiro atoms. The van der Waals surface area contributed by atoms with Crippen LogP contribution in [-0.4, -0.2) is 43.7 Å². The highest BCUT2D eigenvalue weighted by Crippen LogP contribution is 2.63. The monoisotopic (exact) mass is 302 g/mol. The minimum Gasteiger partial charge on any atom is -0.291 e. The summed E-state index contributed by atoms with van der Waals surface area (Å²) in [7, 11) is -3.10. The predicted octanol–water partition coefficient (Wildman–Crippen LogP) is 2.21. The fraction of sp³-hybridized carbons (Fsp3) is 1.00. The summed E-state index contributed by atoms with van der Waals surface area (Å²) in [5, 5.41) is 0. The van der Waals surface area contributed by atoms with Gasteiger partial charge >= 0.3 is 0 Å². The first-order valence-electron chi connectivity index (χ1n) is 7.49. The Morgan fingerprint density at radius 2 is 1.70 bits per heavy atom. The van der Waals surface area contributed by atoms with Crippen LogP contribution >= 0.6 is 0 Å². The van der Waals surface area contributed by atoms with E-state index in [1.54, 1.807) is 0 Å². The highest BCUT2D eigenvalue weighted by atomic mass is 32.2. The Balaban J connectivity index is 2.19. The first-order valence-corrected chi connectivity index (χ1v) is 9.39. The van der Waals surface area contributed by atoms with Crippen LogP contribution in [0.3, 0.4) is 0 Å². The van der Waals surface area contributed by atoms with Gasteiger partial charge in [0.1, 0.15) is 0 Å². The summed E-state index contributed by atoms with van der Waals surface area (Å²) < 4.78 is 25.5. The van der Waals surface area contributed by atoms with Crippen molar-refractivity contribution >= 4 is 10.0 Å². The van der Waals surface area contributed by atoms with E-state index >= 15 is 0 Å². The number of nitrogens with one attached hydrogen (secondary N) is 1. The molecule has 0 amide bonds. The molecule has 20 heavy (non-hydrogen) atoms. The molecule has 1 aliphatic heterocycles. The Morgan fingerprint density at radius 1 is 1.15 bits per heavy atom. The topological polar surface area (TPSA) is 49.4 Å². The summed E-state index contributed by atoms with van der Waals surface area (Å²) in [5.74, 6) is 0. The Hall–Kier alpha value is -0.130. The maximum Gasteiger partial charge on any atom is 0.208 e. The Kier molecular flexibility index (Phi) is 3.60. The van der Waals surface area contributed by atoms with E-state index in [1.807, 2.05) is 0 Å². The van der Waals surface area contributed by atoms with Crippen molar-refractivity contribution in [2.45, 2.75) is 72.0 Å². The van der Waals surface area contributed by atoms with Gasteiger partial charge in [-0.3, -0.25) is 4.90 Å². The molecule has 1 saturated carbocycles. The van der Waals surface area contributed by atoms with Gasteiger partial charge in [0.2, 0.25) is 10.0 Å². The second kappa shape index (κ2) is 4.43. The Bertz CT molecular complexity index is 487. The molecular weight excluding hydrogens is 272 g/mol. The molecule has 2 aliphatic rings. The van der Waals surface area contributed by atoms with Gasteiger partial charge in [-0.25, -0.2) is 13.1 Å². The zero-order chi connectivity index (χ0) is 15.6. The first-order chi connectivity index (χ1) is 8.76. The van der Waals surface area contributed by atoms with E-state index in [0.717, 1.165) is 12.8 Å². The summed E-state index contributed by atoms with van der Waals surface area (Å²) in [4.78, 5) is 2.64. The van der Waals surface area contributed by atoms with E-state index < -0.39 is 10.0 Å². The van der Waals surface area contributed by atoms with Crippen molar-refractivity contribution in [3.8, 4) is 0 Å². The smallest absolute Gasteiger partial charge is 0.208 e. The van der Waals surface area contributed by atoms with Crippen LogP contribution < -0.4 is 4.72 Å². The molecule has 2 unspecified atom stereocenters. The van der Waals surface area contributed by atoms with Crippen molar-refractivity contribution in [3.05, 3.63) is 0 Å². The van der Waals surface area contributed by atoms with E-state index in [1.165, 1.54) is 6.26 Å². The molecule has 0 aromatic carbocycles. The lowest BCUT2D eigenvalue weighted by Crippen LogP contribution is -2.51. The molecule has 0 bridgehead atoms. The summed E-state index contributed by atoms with van der Waals surface area (Å²) in [6.45, 7) is 14.3. The molecule has 0 aromatic heterocycles. The van der Waals surface area contributed by atoms with Gasteiger partial charge in [0.05, 0.1) is 6.26 Å². The average Bonchev–Trinajstić information content (AvgIpc) is 2.76. The van der Waals surface area contributed by atoms with Crippen molar-refractivity contribution in [1.82, 2.24) is 9.62 Å². The number of fused-ring (bicyclic) bond motifs is 1. The van der Waals surface area contributed by atoms with Gasteiger partial charge in [-0.05, 0) is 39.0 Å². The van der Waals surface area contributed by atoms with Crippen LogP contribution in [0.4, 0.5) is 0 Å². The fourth-order valence-electron chi connectivity index (χ4n) is 3.83. The Morgan fingerprint density at radius 3 is 2.05 bits per heavy atom. The van der Waals surface area contributed by atoms with Crippen molar-refractivity contribution in [3.63, 3.8) is 0 Å². The third-order valence-corrected chi connectivity index (χ3v) is 5.55. The molecule has 1 aliphatic carbocycles. The molecule has 2 rings (SSSR count). The van der Waals surface area contributed by atoms with Crippen LogP contribution in [0.1, 0.15) is 54.4 Å². The minimum absolute atomic E-state index is 0.131. The number of nitrogens with zero attached hydrogens (tertiary/aromatic N) is 1. The Labute approximate surface area is 124 Å². The lowest BCUT2D eigenvalue weighted by molar-refractivity contribution is 0.0362. The molecule has 3 atom stereocenters. The highest BCUT2D eigenvalue weighted by Gasteiger charge is 2.67. The summed E-state index contributed by atoms with van der Waals surface area (Å²) >= 11 is 0. The third-order valence-electron chi connectivity index (χ3n) is 4.88. The average molecular weight is 302 g/mol. The van der Waals surface area contributed by atoms with Crippen LogP contribution in [0.2, 0.25) is 0 Å². The molecule has 1 heterocycles. The highest BCUT2D eigenvalue weighted by molar-refractivity contribution is 7.88. The molecule has 4 nitrogen and oxygen atoms in total. The van der Waals surface area contributed by atoms with Crippen LogP contribution in [0.5, 0.6) is 0 Å². The van der Waals surface area contributed by atoms with Gasteiger partial charge in [0.25, 0.3) is 0 Å². The van der Waals surface area contributed by atoms with Crippen molar-refractivity contribution in [1.29, 1.82) is 0 Å². The number of hydrogen-bond donors (Lipinski definition) is 1. The largest absolute Gasteiger partial charge is 0.291 e. The number of likely N-dealkylation sites (tertiary alicyclic amines) is 1. The van der Waals surface area contributed by atoms with E-state index in [4.69, 9.17) is 0 Å². The second-order valence-electron chi connectivity index (χ2n) is 8.84. The SMILES string of the molecule is CC(C)(C)C1C[C@@]2(CNS(C)(=O)=O)CC2N1C(C)(C)C. The maximum absolute atomic E-state index is 11.4. The van der Waals surface area contributed by atoms with E-state index in [2.05, 4.69) is 51.2 Å². The van der Waals surface area contributed by atoms with E-state index in [-0.39, 0.29) is 16.4 Å². The summed E-state index contributed by atoms with van der Waals surface area (Å²) in [6.07, 6.45) is 3.47. The van der Waals surface area contributed by atoms with Crippen molar-refractivity contribution in [2.24, 2.45) is 10.8 Å². The summed E-state index contributed by atoms with van der Waals surface area (Å²) in [6, 6.07) is 1.04. The maximum atomic E-state index is 11.4. The lowest BCUT2D eigenvalue weighted by Gasteiger charge is -2.45. The zero-order valence-electron chi connectivity index (χ0n) is 13.9.